The number of halogens is 1. The summed E-state index contributed by atoms with van der Waals surface area (Å²) in [5, 5.41) is 2.97. The van der Waals surface area contributed by atoms with E-state index in [0.29, 0.717) is 0 Å². The molecule has 1 unspecified atom stereocenters. The highest BCUT2D eigenvalue weighted by molar-refractivity contribution is 7.98. The molecular weight excluding hydrogens is 246 g/mol. The van der Waals surface area contributed by atoms with E-state index in [1.807, 2.05) is 18.4 Å². The Morgan fingerprint density at radius 1 is 1.25 bits per heavy atom. The lowest BCUT2D eigenvalue weighted by Crippen LogP contribution is -2.11. The van der Waals surface area contributed by atoms with Gasteiger partial charge in [-0.2, -0.15) is 0 Å². The predicted molar refractivity (Wildman–Crippen MR) is 69.0 cm³/mol. The summed E-state index contributed by atoms with van der Waals surface area (Å²) in [7, 11) is 5.08. The SMILES string of the molecule is CNC(Cl)c1cc(OC)c(SC)cc1OC. The fourth-order valence-electron chi connectivity index (χ4n) is 1.41. The normalized spacial score (nSPS) is 12.3. The second-order valence-corrected chi connectivity index (χ2v) is 4.38. The van der Waals surface area contributed by atoms with Gasteiger partial charge in [-0.3, -0.25) is 0 Å². The van der Waals surface area contributed by atoms with Crippen LogP contribution in [-0.4, -0.2) is 27.5 Å². The largest absolute Gasteiger partial charge is 0.496 e. The molecule has 90 valence electrons. The Labute approximate surface area is 105 Å². The molecule has 0 fully saturated rings. The van der Waals surface area contributed by atoms with Crippen LogP contribution >= 0.6 is 23.4 Å². The number of hydrogen-bond donors (Lipinski definition) is 1. The third-order valence-corrected chi connectivity index (χ3v) is 3.47. The van der Waals surface area contributed by atoms with Gasteiger partial charge in [-0.25, -0.2) is 0 Å². The molecule has 0 radical (unpaired) electrons. The lowest BCUT2D eigenvalue weighted by atomic mass is 10.2. The van der Waals surface area contributed by atoms with E-state index in [-0.39, 0.29) is 5.50 Å². The van der Waals surface area contributed by atoms with Crippen molar-refractivity contribution in [1.82, 2.24) is 5.32 Å². The van der Waals surface area contributed by atoms with Gasteiger partial charge in [0.1, 0.15) is 17.0 Å². The second kappa shape index (κ2) is 6.23. The van der Waals surface area contributed by atoms with Gasteiger partial charge in [0.25, 0.3) is 0 Å². The Morgan fingerprint density at radius 2 is 1.88 bits per heavy atom. The Balaban J connectivity index is 3.25. The minimum Gasteiger partial charge on any atom is -0.496 e. The molecule has 0 bridgehead atoms. The standard InChI is InChI=1S/C11H16ClNO2S/c1-13-11(12)7-5-9(15-3)10(16-4)6-8(7)14-2/h5-6,11,13H,1-4H3. The van der Waals surface area contributed by atoms with Gasteiger partial charge in [-0.15, -0.1) is 23.4 Å². The van der Waals surface area contributed by atoms with Crippen LogP contribution in [0, 0.1) is 0 Å². The average Bonchev–Trinajstić information content (AvgIpc) is 2.35. The molecule has 0 aliphatic rings. The lowest BCUT2D eigenvalue weighted by Gasteiger charge is -2.16. The van der Waals surface area contributed by atoms with Crippen LogP contribution in [-0.2, 0) is 0 Å². The minimum atomic E-state index is -0.292. The number of methoxy groups -OCH3 is 2. The van der Waals surface area contributed by atoms with Crippen LogP contribution in [0.15, 0.2) is 17.0 Å². The first-order chi connectivity index (χ1) is 7.67. The zero-order chi connectivity index (χ0) is 12.1. The molecule has 1 aromatic carbocycles. The fraction of sp³-hybridized carbons (Fsp3) is 0.455. The van der Waals surface area contributed by atoms with E-state index < -0.39 is 0 Å². The topological polar surface area (TPSA) is 30.5 Å². The highest BCUT2D eigenvalue weighted by Crippen LogP contribution is 2.38. The molecule has 0 spiro atoms. The number of rotatable bonds is 5. The Morgan fingerprint density at radius 3 is 2.31 bits per heavy atom. The van der Waals surface area contributed by atoms with Gasteiger partial charge in [-0.05, 0) is 25.4 Å². The van der Waals surface area contributed by atoms with E-state index in [4.69, 9.17) is 21.1 Å². The summed E-state index contributed by atoms with van der Waals surface area (Å²) >= 11 is 7.75. The number of benzene rings is 1. The van der Waals surface area contributed by atoms with Crippen molar-refractivity contribution in [2.24, 2.45) is 0 Å². The molecule has 0 aromatic heterocycles. The molecule has 16 heavy (non-hydrogen) atoms. The minimum absolute atomic E-state index is 0.292. The highest BCUT2D eigenvalue weighted by atomic mass is 35.5. The van der Waals surface area contributed by atoms with Crippen molar-refractivity contribution >= 4 is 23.4 Å². The molecule has 0 saturated heterocycles. The van der Waals surface area contributed by atoms with Gasteiger partial charge in [-0.1, -0.05) is 0 Å². The quantitative estimate of drug-likeness (QED) is 0.502. The van der Waals surface area contributed by atoms with Crippen LogP contribution in [0.5, 0.6) is 11.5 Å². The maximum Gasteiger partial charge on any atom is 0.133 e. The van der Waals surface area contributed by atoms with Crippen molar-refractivity contribution in [3.05, 3.63) is 17.7 Å². The highest BCUT2D eigenvalue weighted by Gasteiger charge is 2.15. The van der Waals surface area contributed by atoms with E-state index >= 15 is 0 Å². The molecule has 1 N–H and O–H groups in total. The van der Waals surface area contributed by atoms with Gasteiger partial charge in [0.2, 0.25) is 0 Å². The van der Waals surface area contributed by atoms with Gasteiger partial charge in [0, 0.05) is 5.56 Å². The van der Waals surface area contributed by atoms with Crippen molar-refractivity contribution in [3.8, 4) is 11.5 Å². The smallest absolute Gasteiger partial charge is 0.133 e. The summed E-state index contributed by atoms with van der Waals surface area (Å²) in [6, 6.07) is 3.84. The van der Waals surface area contributed by atoms with E-state index in [0.717, 1.165) is 22.0 Å². The third-order valence-electron chi connectivity index (χ3n) is 2.26. The van der Waals surface area contributed by atoms with Gasteiger partial charge >= 0.3 is 0 Å². The second-order valence-electron chi connectivity index (χ2n) is 3.10. The van der Waals surface area contributed by atoms with E-state index in [2.05, 4.69) is 5.32 Å². The summed E-state index contributed by atoms with van der Waals surface area (Å²) in [5.41, 5.74) is 0.584. The Kier molecular flexibility index (Phi) is 5.25. The molecule has 0 aliphatic carbocycles. The Hall–Kier alpha value is -0.580. The van der Waals surface area contributed by atoms with Crippen molar-refractivity contribution in [2.45, 2.75) is 10.4 Å². The molecule has 0 aliphatic heterocycles. The third kappa shape index (κ3) is 2.75. The number of nitrogens with one attached hydrogen (secondary N) is 1. The summed E-state index contributed by atoms with van der Waals surface area (Å²) < 4.78 is 10.6. The molecule has 0 heterocycles. The molecule has 3 nitrogen and oxygen atoms in total. The predicted octanol–water partition coefficient (Wildman–Crippen LogP) is 2.88. The van der Waals surface area contributed by atoms with E-state index in [1.165, 1.54) is 0 Å². The summed E-state index contributed by atoms with van der Waals surface area (Å²) in [4.78, 5) is 1.03. The van der Waals surface area contributed by atoms with Crippen molar-refractivity contribution in [2.75, 3.05) is 27.5 Å². The number of thioether (sulfide) groups is 1. The first-order valence-electron chi connectivity index (χ1n) is 4.79. The van der Waals surface area contributed by atoms with Crippen LogP contribution in [0.4, 0.5) is 0 Å². The number of alkyl halides is 1. The fourth-order valence-corrected chi connectivity index (χ4v) is 2.15. The molecule has 1 rings (SSSR count). The molecule has 0 amide bonds. The zero-order valence-electron chi connectivity index (χ0n) is 9.83. The molecule has 0 saturated carbocycles. The first kappa shape index (κ1) is 13.5. The monoisotopic (exact) mass is 261 g/mol. The molecular formula is C11H16ClNO2S. The number of ether oxygens (including phenoxy) is 2. The van der Waals surface area contributed by atoms with Gasteiger partial charge in [0.15, 0.2) is 0 Å². The van der Waals surface area contributed by atoms with Crippen molar-refractivity contribution in [1.29, 1.82) is 0 Å². The van der Waals surface area contributed by atoms with Gasteiger partial charge < -0.3 is 14.8 Å². The maximum absolute atomic E-state index is 6.15. The van der Waals surface area contributed by atoms with Crippen molar-refractivity contribution < 1.29 is 9.47 Å². The summed E-state index contributed by atoms with van der Waals surface area (Å²) in [6.07, 6.45) is 1.99. The van der Waals surface area contributed by atoms with Crippen LogP contribution in [0.1, 0.15) is 11.1 Å². The zero-order valence-corrected chi connectivity index (χ0v) is 11.4. The summed E-state index contributed by atoms with van der Waals surface area (Å²) in [5.74, 6) is 1.57. The number of hydrogen-bond acceptors (Lipinski definition) is 4. The van der Waals surface area contributed by atoms with E-state index in [9.17, 15) is 0 Å². The molecule has 1 atom stereocenters. The average molecular weight is 262 g/mol. The van der Waals surface area contributed by atoms with Crippen LogP contribution in [0.3, 0.4) is 0 Å². The van der Waals surface area contributed by atoms with Gasteiger partial charge in [0.05, 0.1) is 19.1 Å². The van der Waals surface area contributed by atoms with Crippen molar-refractivity contribution in [3.63, 3.8) is 0 Å². The Bertz CT molecular complexity index is 360. The van der Waals surface area contributed by atoms with Crippen LogP contribution in [0.2, 0.25) is 0 Å². The van der Waals surface area contributed by atoms with Crippen LogP contribution < -0.4 is 14.8 Å². The molecule has 5 heteroatoms. The van der Waals surface area contributed by atoms with E-state index in [1.54, 1.807) is 33.0 Å². The molecule has 1 aromatic rings. The maximum atomic E-state index is 6.15. The van der Waals surface area contributed by atoms with Crippen LogP contribution in [0.25, 0.3) is 0 Å². The summed E-state index contributed by atoms with van der Waals surface area (Å²) in [6.45, 7) is 0. The first-order valence-corrected chi connectivity index (χ1v) is 6.45. The lowest BCUT2D eigenvalue weighted by molar-refractivity contribution is 0.389.